The Labute approximate surface area is 176 Å². The normalized spacial score (nSPS) is 16.7. The van der Waals surface area contributed by atoms with Crippen LogP contribution in [0.1, 0.15) is 48.8 Å². The van der Waals surface area contributed by atoms with Crippen LogP contribution in [0.15, 0.2) is 41.4 Å². The first-order valence-corrected chi connectivity index (χ1v) is 10.9. The summed E-state index contributed by atoms with van der Waals surface area (Å²) in [7, 11) is 1.68. The van der Waals surface area contributed by atoms with Crippen molar-refractivity contribution < 1.29 is 4.74 Å². The molecule has 0 bridgehead atoms. The Morgan fingerprint density at radius 2 is 2.00 bits per heavy atom. The van der Waals surface area contributed by atoms with Gasteiger partial charge in [-0.15, -0.1) is 11.3 Å². The van der Waals surface area contributed by atoms with Crippen LogP contribution in [-0.4, -0.2) is 13.3 Å². The Hall–Kier alpha value is -2.64. The molecule has 1 aliphatic rings. The quantitative estimate of drug-likeness (QED) is 0.459. The molecular formula is C25H26N2OS. The van der Waals surface area contributed by atoms with E-state index in [2.05, 4.69) is 45.0 Å². The largest absolute Gasteiger partial charge is 0.496 e. The van der Waals surface area contributed by atoms with E-state index in [0.717, 1.165) is 51.9 Å². The standard InChI is InChI=1S/C25H26N2OS/c1-25(2,3)17-10-11-19-20(14-26)24(29-23(19)13-17)27-15-21-18-8-6-5-7-16(18)9-12-22(21)28-4/h5-9,12,15,17H,10-11,13H2,1-4H3/t17-/m1/s1. The lowest BCUT2D eigenvalue weighted by Crippen LogP contribution is -2.26. The van der Waals surface area contributed by atoms with Gasteiger partial charge in [0.1, 0.15) is 16.8 Å². The van der Waals surface area contributed by atoms with Gasteiger partial charge in [-0.3, -0.25) is 0 Å². The van der Waals surface area contributed by atoms with Crippen molar-refractivity contribution in [1.29, 1.82) is 5.26 Å². The molecule has 1 atom stereocenters. The van der Waals surface area contributed by atoms with E-state index in [1.807, 2.05) is 24.4 Å². The van der Waals surface area contributed by atoms with Crippen LogP contribution in [0.25, 0.3) is 10.8 Å². The minimum atomic E-state index is 0.286. The number of methoxy groups -OCH3 is 1. The lowest BCUT2D eigenvalue weighted by molar-refractivity contribution is 0.218. The molecular weight excluding hydrogens is 376 g/mol. The second kappa shape index (κ2) is 7.65. The van der Waals surface area contributed by atoms with Crippen LogP contribution in [0.2, 0.25) is 0 Å². The summed E-state index contributed by atoms with van der Waals surface area (Å²) in [6, 6.07) is 14.7. The van der Waals surface area contributed by atoms with Crippen LogP contribution in [0.4, 0.5) is 5.00 Å². The number of benzene rings is 2. The Kier molecular flexibility index (Phi) is 5.19. The van der Waals surface area contributed by atoms with Crippen molar-refractivity contribution in [2.45, 2.75) is 40.0 Å². The highest BCUT2D eigenvalue weighted by Crippen LogP contribution is 2.45. The highest BCUT2D eigenvalue weighted by atomic mass is 32.1. The number of rotatable bonds is 3. The van der Waals surface area contributed by atoms with Crippen molar-refractivity contribution in [3.8, 4) is 11.8 Å². The van der Waals surface area contributed by atoms with Crippen LogP contribution in [-0.2, 0) is 12.8 Å². The topological polar surface area (TPSA) is 45.4 Å². The SMILES string of the molecule is COc1ccc2ccccc2c1C=Nc1sc2c(c1C#N)CC[C@@H](C(C)(C)C)C2. The first-order chi connectivity index (χ1) is 13.9. The summed E-state index contributed by atoms with van der Waals surface area (Å²) < 4.78 is 5.58. The lowest BCUT2D eigenvalue weighted by atomic mass is 9.72. The summed E-state index contributed by atoms with van der Waals surface area (Å²) >= 11 is 1.68. The van der Waals surface area contributed by atoms with Gasteiger partial charge in [0.15, 0.2) is 0 Å². The third-order valence-electron chi connectivity index (χ3n) is 6.04. The third-order valence-corrected chi connectivity index (χ3v) is 7.21. The molecule has 4 rings (SSSR count). The number of thiophene rings is 1. The maximum absolute atomic E-state index is 9.82. The molecule has 0 radical (unpaired) electrons. The molecule has 0 amide bonds. The van der Waals surface area contributed by atoms with E-state index in [9.17, 15) is 5.26 Å². The van der Waals surface area contributed by atoms with Gasteiger partial charge in [0.2, 0.25) is 0 Å². The van der Waals surface area contributed by atoms with Gasteiger partial charge in [0.05, 0.1) is 12.7 Å². The second-order valence-electron chi connectivity index (χ2n) is 8.76. The molecule has 0 aliphatic heterocycles. The van der Waals surface area contributed by atoms with Gasteiger partial charge in [0.25, 0.3) is 0 Å². The molecule has 3 nitrogen and oxygen atoms in total. The van der Waals surface area contributed by atoms with E-state index in [1.54, 1.807) is 18.4 Å². The number of hydrogen-bond acceptors (Lipinski definition) is 4. The van der Waals surface area contributed by atoms with Crippen molar-refractivity contribution in [2.24, 2.45) is 16.3 Å². The third kappa shape index (κ3) is 3.68. The van der Waals surface area contributed by atoms with Crippen LogP contribution >= 0.6 is 11.3 Å². The molecule has 29 heavy (non-hydrogen) atoms. The maximum atomic E-state index is 9.82. The summed E-state index contributed by atoms with van der Waals surface area (Å²) in [6.07, 6.45) is 5.03. The lowest BCUT2D eigenvalue weighted by Gasteiger charge is -2.33. The zero-order chi connectivity index (χ0) is 20.6. The summed E-state index contributed by atoms with van der Waals surface area (Å²) in [5, 5.41) is 12.9. The predicted molar refractivity (Wildman–Crippen MR) is 122 cm³/mol. The summed E-state index contributed by atoms with van der Waals surface area (Å²) in [6.45, 7) is 6.94. The highest BCUT2D eigenvalue weighted by molar-refractivity contribution is 7.16. The molecule has 1 aliphatic carbocycles. The molecule has 0 saturated carbocycles. The second-order valence-corrected chi connectivity index (χ2v) is 9.85. The Balaban J connectivity index is 1.75. The van der Waals surface area contributed by atoms with Gasteiger partial charge in [-0.05, 0) is 53.0 Å². The van der Waals surface area contributed by atoms with Crippen molar-refractivity contribution in [2.75, 3.05) is 7.11 Å². The van der Waals surface area contributed by atoms with Gasteiger partial charge in [-0.25, -0.2) is 4.99 Å². The van der Waals surface area contributed by atoms with E-state index < -0.39 is 0 Å². The molecule has 2 aromatic carbocycles. The van der Waals surface area contributed by atoms with E-state index in [1.165, 1.54) is 10.4 Å². The fourth-order valence-corrected chi connectivity index (χ4v) is 5.45. The number of nitrogens with zero attached hydrogens (tertiary/aromatic N) is 2. The monoisotopic (exact) mass is 402 g/mol. The van der Waals surface area contributed by atoms with Crippen molar-refractivity contribution in [1.82, 2.24) is 0 Å². The molecule has 148 valence electrons. The molecule has 3 aromatic rings. The smallest absolute Gasteiger partial charge is 0.134 e. The molecule has 0 fully saturated rings. The van der Waals surface area contributed by atoms with E-state index in [0.29, 0.717) is 5.92 Å². The number of nitriles is 1. The minimum Gasteiger partial charge on any atom is -0.496 e. The summed E-state index contributed by atoms with van der Waals surface area (Å²) in [5.41, 5.74) is 3.21. The zero-order valence-electron chi connectivity index (χ0n) is 17.5. The number of fused-ring (bicyclic) bond motifs is 2. The van der Waals surface area contributed by atoms with E-state index in [-0.39, 0.29) is 5.41 Å². The summed E-state index contributed by atoms with van der Waals surface area (Å²) in [4.78, 5) is 6.13. The van der Waals surface area contributed by atoms with Gasteiger partial charge in [0, 0.05) is 16.7 Å². The molecule has 1 aromatic heterocycles. The highest BCUT2D eigenvalue weighted by Gasteiger charge is 2.32. The average Bonchev–Trinajstić information content (AvgIpc) is 3.07. The van der Waals surface area contributed by atoms with Crippen LogP contribution in [0.5, 0.6) is 5.75 Å². The van der Waals surface area contributed by atoms with Crippen molar-refractivity contribution in [3.63, 3.8) is 0 Å². The molecule has 0 N–H and O–H groups in total. The maximum Gasteiger partial charge on any atom is 0.134 e. The van der Waals surface area contributed by atoms with Gasteiger partial charge < -0.3 is 4.74 Å². The molecule has 1 heterocycles. The van der Waals surface area contributed by atoms with Gasteiger partial charge in [-0.2, -0.15) is 5.26 Å². The van der Waals surface area contributed by atoms with Crippen LogP contribution in [0.3, 0.4) is 0 Å². The van der Waals surface area contributed by atoms with Crippen LogP contribution in [0, 0.1) is 22.7 Å². The van der Waals surface area contributed by atoms with Gasteiger partial charge in [-0.1, -0.05) is 51.1 Å². The number of hydrogen-bond donors (Lipinski definition) is 0. The summed E-state index contributed by atoms with van der Waals surface area (Å²) in [5.74, 6) is 1.44. The first kappa shape index (κ1) is 19.7. The fraction of sp³-hybridized carbons (Fsp3) is 0.360. The first-order valence-electron chi connectivity index (χ1n) is 10.1. The zero-order valence-corrected chi connectivity index (χ0v) is 18.3. The van der Waals surface area contributed by atoms with Crippen molar-refractivity contribution in [3.05, 3.63) is 58.0 Å². The average molecular weight is 403 g/mol. The Morgan fingerprint density at radius 1 is 1.21 bits per heavy atom. The molecule has 0 spiro atoms. The van der Waals surface area contributed by atoms with Crippen LogP contribution < -0.4 is 4.74 Å². The molecule has 0 unspecified atom stereocenters. The molecule has 4 heteroatoms. The minimum absolute atomic E-state index is 0.286. The van der Waals surface area contributed by atoms with Gasteiger partial charge >= 0.3 is 0 Å². The van der Waals surface area contributed by atoms with E-state index >= 15 is 0 Å². The Bertz CT molecular complexity index is 1130. The molecule has 0 saturated heterocycles. The van der Waals surface area contributed by atoms with Crippen molar-refractivity contribution >= 4 is 33.3 Å². The fourth-order valence-electron chi connectivity index (χ4n) is 4.23. The van der Waals surface area contributed by atoms with E-state index in [4.69, 9.17) is 9.73 Å². The number of aliphatic imine (C=N–C) groups is 1. The predicted octanol–water partition coefficient (Wildman–Crippen LogP) is 6.68. The number of ether oxygens (including phenoxy) is 1. The Morgan fingerprint density at radius 3 is 2.72 bits per heavy atom.